The number of amides is 1. The Kier molecular flexibility index (Phi) is 6.20. The van der Waals surface area contributed by atoms with Crippen molar-refractivity contribution in [3.8, 4) is 11.3 Å². The van der Waals surface area contributed by atoms with Crippen LogP contribution in [0, 0.1) is 5.41 Å². The molecular weight excluding hydrogens is 475 g/mol. The van der Waals surface area contributed by atoms with E-state index in [0.29, 0.717) is 17.7 Å². The van der Waals surface area contributed by atoms with Crippen molar-refractivity contribution >= 4 is 17.5 Å². The molecule has 3 rings (SSSR count). The smallest absolute Gasteiger partial charge is 0.383 e. The molecule has 194 valence electrons. The van der Waals surface area contributed by atoms with E-state index in [-0.39, 0.29) is 33.6 Å². The maximum Gasteiger partial charge on any atom is 0.410 e. The third-order valence-corrected chi connectivity index (χ3v) is 5.58. The summed E-state index contributed by atoms with van der Waals surface area (Å²) in [6.45, 7) is 4.32. The molecule has 3 aromatic rings. The molecule has 36 heavy (non-hydrogen) atoms. The number of alkyl halides is 3. The van der Waals surface area contributed by atoms with E-state index in [4.69, 9.17) is 20.1 Å². The van der Waals surface area contributed by atoms with E-state index in [1.165, 1.54) is 12.1 Å². The zero-order chi connectivity index (χ0) is 29.5. The number of hydrogen-bond donors (Lipinski definition) is 2. The van der Waals surface area contributed by atoms with Crippen molar-refractivity contribution in [1.82, 2.24) is 14.9 Å². The Morgan fingerprint density at radius 1 is 1.19 bits per heavy atom. The molecule has 1 aromatic carbocycles. The van der Waals surface area contributed by atoms with E-state index < -0.39 is 42.3 Å². The number of hydrogen-bond acceptors (Lipinski definition) is 6. The number of nitrogen functional groups attached to an aromatic ring is 1. The molecular formula is C25H30F3N5O3. The molecule has 0 spiro atoms. The number of carbonyl (C=O) groups is 2. The molecule has 8 nitrogen and oxygen atoms in total. The summed E-state index contributed by atoms with van der Waals surface area (Å²) in [4.78, 5) is 25.0. The van der Waals surface area contributed by atoms with E-state index in [9.17, 15) is 22.8 Å². The van der Waals surface area contributed by atoms with Crippen LogP contribution < -0.4 is 11.5 Å². The summed E-state index contributed by atoms with van der Waals surface area (Å²) >= 11 is 0. The predicted octanol–water partition coefficient (Wildman–Crippen LogP) is 4.85. The van der Waals surface area contributed by atoms with Gasteiger partial charge in [-0.2, -0.15) is 18.3 Å². The number of nitrogens with two attached hydrogens (primary N) is 2. The third kappa shape index (κ3) is 5.95. The number of halogens is 3. The lowest BCUT2D eigenvalue weighted by Crippen LogP contribution is -2.26. The molecule has 2 atom stereocenters. The molecule has 2 aromatic heterocycles. The van der Waals surface area contributed by atoms with E-state index in [0.717, 1.165) is 5.69 Å². The van der Waals surface area contributed by atoms with Crippen LogP contribution >= 0.6 is 0 Å². The van der Waals surface area contributed by atoms with Gasteiger partial charge in [-0.15, -0.1) is 0 Å². The highest BCUT2D eigenvalue weighted by molar-refractivity contribution is 6.03. The maximum atomic E-state index is 13.6. The SMILES string of the molecule is [2H]C([2H])([2H])C(n1nc(-c2ccc(C(C)C(=O)Cc3cc(CC(C)(C)C)no3)cc2)c(C(N)=O)c1N)C(F)(F)F. The van der Waals surface area contributed by atoms with Crippen molar-refractivity contribution in [3.63, 3.8) is 0 Å². The number of nitrogens with zero attached hydrogens (tertiary/aromatic N) is 3. The number of anilines is 1. The summed E-state index contributed by atoms with van der Waals surface area (Å²) < 4.78 is 68.3. The lowest BCUT2D eigenvalue weighted by molar-refractivity contribution is -0.164. The van der Waals surface area contributed by atoms with Crippen molar-refractivity contribution in [3.05, 3.63) is 52.9 Å². The summed E-state index contributed by atoms with van der Waals surface area (Å²) in [5.41, 5.74) is 11.8. The summed E-state index contributed by atoms with van der Waals surface area (Å²) in [6, 6.07) is 4.63. The van der Waals surface area contributed by atoms with Gasteiger partial charge in [-0.25, -0.2) is 4.68 Å². The molecule has 4 N–H and O–H groups in total. The van der Waals surface area contributed by atoms with Crippen LogP contribution in [0.5, 0.6) is 0 Å². The molecule has 0 saturated heterocycles. The van der Waals surface area contributed by atoms with Crippen LogP contribution in [0.2, 0.25) is 0 Å². The van der Waals surface area contributed by atoms with E-state index in [1.54, 1.807) is 25.1 Å². The fraction of sp³-hybridized carbons (Fsp3) is 0.440. The average molecular weight is 509 g/mol. The minimum atomic E-state index is -5.24. The second-order valence-corrected chi connectivity index (χ2v) is 9.87. The number of carbonyl (C=O) groups excluding carboxylic acids is 2. The summed E-state index contributed by atoms with van der Waals surface area (Å²) in [7, 11) is 0. The van der Waals surface area contributed by atoms with E-state index in [2.05, 4.69) is 31.0 Å². The molecule has 2 heterocycles. The summed E-state index contributed by atoms with van der Waals surface area (Å²) in [6.07, 6.45) is -4.54. The fourth-order valence-corrected chi connectivity index (χ4v) is 3.73. The maximum absolute atomic E-state index is 13.6. The predicted molar refractivity (Wildman–Crippen MR) is 128 cm³/mol. The van der Waals surface area contributed by atoms with Crippen LogP contribution in [-0.4, -0.2) is 32.8 Å². The quantitative estimate of drug-likeness (QED) is 0.448. The summed E-state index contributed by atoms with van der Waals surface area (Å²) in [5, 5.41) is 7.77. The fourth-order valence-electron chi connectivity index (χ4n) is 3.73. The van der Waals surface area contributed by atoms with Gasteiger partial charge in [0.1, 0.15) is 34.7 Å². The highest BCUT2D eigenvalue weighted by Crippen LogP contribution is 2.36. The van der Waals surface area contributed by atoms with Gasteiger partial charge in [0.2, 0.25) is 0 Å². The van der Waals surface area contributed by atoms with Gasteiger partial charge in [0.05, 0.1) is 12.1 Å². The largest absolute Gasteiger partial charge is 0.410 e. The van der Waals surface area contributed by atoms with Gasteiger partial charge in [-0.1, -0.05) is 57.1 Å². The standard InChI is InChI=1S/C25H30F3N5O3/c1-13(19(34)11-18-10-17(32-36-18)12-24(3,4)5)15-6-8-16(9-7-15)21-20(23(30)35)22(29)33(31-21)14(2)25(26,27)28/h6-10,13-14H,11-12,29H2,1-5H3,(H2,30,35)/i2D3. The number of Topliss-reactive ketones (excluding diaryl/α,β-unsaturated/α-hetero) is 1. The minimum Gasteiger partial charge on any atom is -0.383 e. The van der Waals surface area contributed by atoms with E-state index >= 15 is 0 Å². The zero-order valence-corrected chi connectivity index (χ0v) is 20.3. The number of primary amides is 1. The molecule has 0 aliphatic carbocycles. The van der Waals surface area contributed by atoms with Crippen LogP contribution in [0.15, 0.2) is 34.9 Å². The molecule has 0 bridgehead atoms. The van der Waals surface area contributed by atoms with Gasteiger partial charge >= 0.3 is 6.18 Å². The van der Waals surface area contributed by atoms with Crippen molar-refractivity contribution in [2.45, 2.75) is 65.5 Å². The van der Waals surface area contributed by atoms with Crippen molar-refractivity contribution in [2.24, 2.45) is 11.1 Å². The molecule has 0 aliphatic rings. The minimum absolute atomic E-state index is 0.00245. The van der Waals surface area contributed by atoms with Gasteiger partial charge in [-0.3, -0.25) is 9.59 Å². The van der Waals surface area contributed by atoms with Crippen LogP contribution in [0.3, 0.4) is 0 Å². The summed E-state index contributed by atoms with van der Waals surface area (Å²) in [5.74, 6) is -2.28. The van der Waals surface area contributed by atoms with Crippen LogP contribution in [0.4, 0.5) is 19.0 Å². The monoisotopic (exact) mass is 508 g/mol. The highest BCUT2D eigenvalue weighted by Gasteiger charge is 2.40. The first-order valence-corrected chi connectivity index (χ1v) is 11.1. The van der Waals surface area contributed by atoms with Crippen LogP contribution in [0.25, 0.3) is 11.3 Å². The van der Waals surface area contributed by atoms with Gasteiger partial charge in [-0.05, 0) is 24.3 Å². The Morgan fingerprint density at radius 2 is 1.83 bits per heavy atom. The lowest BCUT2D eigenvalue weighted by atomic mass is 9.90. The lowest BCUT2D eigenvalue weighted by Gasteiger charge is -2.17. The van der Waals surface area contributed by atoms with Gasteiger partial charge in [0.25, 0.3) is 5.91 Å². The number of aromatic nitrogens is 3. The van der Waals surface area contributed by atoms with Crippen LogP contribution in [0.1, 0.15) is 78.0 Å². The molecule has 1 amide bonds. The Bertz CT molecular complexity index is 1340. The molecule has 0 saturated carbocycles. The first-order valence-electron chi connectivity index (χ1n) is 12.6. The van der Waals surface area contributed by atoms with Crippen molar-refractivity contribution in [1.29, 1.82) is 0 Å². The zero-order valence-electron chi connectivity index (χ0n) is 23.3. The second kappa shape index (κ2) is 9.79. The first kappa shape index (κ1) is 22.8. The van der Waals surface area contributed by atoms with E-state index in [1.807, 2.05) is 0 Å². The first-order chi connectivity index (χ1) is 17.8. The number of benzene rings is 1. The Balaban J connectivity index is 1.88. The molecule has 2 unspecified atom stereocenters. The molecule has 0 aliphatic heterocycles. The Hall–Kier alpha value is -3.63. The van der Waals surface area contributed by atoms with Crippen molar-refractivity contribution in [2.75, 3.05) is 5.73 Å². The number of rotatable bonds is 8. The highest BCUT2D eigenvalue weighted by atomic mass is 19.4. The van der Waals surface area contributed by atoms with Gasteiger partial charge in [0, 0.05) is 21.7 Å². The number of ketones is 1. The molecule has 0 fully saturated rings. The Morgan fingerprint density at radius 3 is 2.36 bits per heavy atom. The second-order valence-electron chi connectivity index (χ2n) is 9.87. The van der Waals surface area contributed by atoms with Gasteiger partial charge in [0.15, 0.2) is 0 Å². The Labute approximate surface area is 211 Å². The average Bonchev–Trinajstić information content (AvgIpc) is 3.34. The van der Waals surface area contributed by atoms with Gasteiger partial charge < -0.3 is 16.0 Å². The van der Waals surface area contributed by atoms with Crippen molar-refractivity contribution < 1.29 is 31.4 Å². The van der Waals surface area contributed by atoms with Crippen LogP contribution in [-0.2, 0) is 17.6 Å². The third-order valence-electron chi connectivity index (χ3n) is 5.58. The molecule has 0 radical (unpaired) electrons. The normalized spacial score (nSPS) is 15.6. The molecule has 11 heteroatoms. The topological polar surface area (TPSA) is 130 Å².